The molecule has 0 bridgehead atoms. The first-order valence-electron chi connectivity index (χ1n) is 6.90. The summed E-state index contributed by atoms with van der Waals surface area (Å²) in [6, 6.07) is 10.1. The second-order valence-corrected chi connectivity index (χ2v) is 4.93. The first-order chi connectivity index (χ1) is 9.74. The molecule has 1 aromatic carbocycles. The van der Waals surface area contributed by atoms with Gasteiger partial charge in [-0.3, -0.25) is 9.69 Å². The lowest BCUT2D eigenvalue weighted by Gasteiger charge is -2.25. The molecule has 1 heterocycles. The SMILES string of the molecule is C/C(Cc1ccccc1)=N\NC(=O)CN1CCOCC1. The fraction of sp³-hybridized carbons (Fsp3) is 0.467. The van der Waals surface area contributed by atoms with E-state index in [2.05, 4.69) is 27.6 Å². The maximum atomic E-state index is 11.8. The molecule has 2 rings (SSSR count). The third-order valence-corrected chi connectivity index (χ3v) is 3.15. The van der Waals surface area contributed by atoms with E-state index in [4.69, 9.17) is 4.74 Å². The first kappa shape index (κ1) is 14.7. The lowest BCUT2D eigenvalue weighted by atomic mass is 10.1. The molecule has 1 aliphatic rings. The molecule has 1 fully saturated rings. The Morgan fingerprint density at radius 3 is 2.70 bits per heavy atom. The van der Waals surface area contributed by atoms with Gasteiger partial charge in [-0.2, -0.15) is 5.10 Å². The van der Waals surface area contributed by atoms with Gasteiger partial charge in [-0.25, -0.2) is 5.43 Å². The number of hydrogen-bond donors (Lipinski definition) is 1. The monoisotopic (exact) mass is 275 g/mol. The molecule has 1 amide bonds. The summed E-state index contributed by atoms with van der Waals surface area (Å²) in [7, 11) is 0. The summed E-state index contributed by atoms with van der Waals surface area (Å²) in [5.74, 6) is -0.0701. The van der Waals surface area contributed by atoms with Crippen molar-refractivity contribution in [1.29, 1.82) is 0 Å². The van der Waals surface area contributed by atoms with Crippen LogP contribution in [0, 0.1) is 0 Å². The van der Waals surface area contributed by atoms with E-state index in [9.17, 15) is 4.79 Å². The van der Waals surface area contributed by atoms with Crippen LogP contribution >= 0.6 is 0 Å². The number of rotatable bonds is 5. The Bertz CT molecular complexity index is 453. The van der Waals surface area contributed by atoms with Crippen LogP contribution in [0.15, 0.2) is 35.4 Å². The molecule has 0 saturated carbocycles. The van der Waals surface area contributed by atoms with Gasteiger partial charge < -0.3 is 4.74 Å². The molecule has 0 atom stereocenters. The maximum Gasteiger partial charge on any atom is 0.254 e. The Labute approximate surface area is 119 Å². The summed E-state index contributed by atoms with van der Waals surface area (Å²) in [5, 5.41) is 4.14. The average molecular weight is 275 g/mol. The van der Waals surface area contributed by atoms with Crippen molar-refractivity contribution in [3.63, 3.8) is 0 Å². The van der Waals surface area contributed by atoms with Crippen molar-refractivity contribution in [3.05, 3.63) is 35.9 Å². The third-order valence-electron chi connectivity index (χ3n) is 3.15. The zero-order chi connectivity index (χ0) is 14.2. The summed E-state index contributed by atoms with van der Waals surface area (Å²) < 4.78 is 5.24. The number of benzene rings is 1. The second kappa shape index (κ2) is 7.77. The highest BCUT2D eigenvalue weighted by Crippen LogP contribution is 2.00. The molecule has 1 aliphatic heterocycles. The minimum atomic E-state index is -0.0701. The lowest BCUT2D eigenvalue weighted by molar-refractivity contribution is -0.123. The van der Waals surface area contributed by atoms with E-state index in [0.29, 0.717) is 19.8 Å². The number of morpholine rings is 1. The van der Waals surface area contributed by atoms with Gasteiger partial charge in [-0.1, -0.05) is 30.3 Å². The van der Waals surface area contributed by atoms with Crippen LogP contribution in [-0.4, -0.2) is 49.4 Å². The standard InChI is InChI=1S/C15H21N3O2/c1-13(11-14-5-3-2-4-6-14)16-17-15(19)12-18-7-9-20-10-8-18/h2-6H,7-12H2,1H3,(H,17,19)/b16-13+. The second-order valence-electron chi connectivity index (χ2n) is 4.93. The highest BCUT2D eigenvalue weighted by molar-refractivity contribution is 5.86. The van der Waals surface area contributed by atoms with Crippen LogP contribution in [0.4, 0.5) is 0 Å². The topological polar surface area (TPSA) is 53.9 Å². The number of carbonyl (C=O) groups is 1. The van der Waals surface area contributed by atoms with Crippen molar-refractivity contribution < 1.29 is 9.53 Å². The number of nitrogens with one attached hydrogen (secondary N) is 1. The van der Waals surface area contributed by atoms with Crippen LogP contribution in [0.5, 0.6) is 0 Å². The van der Waals surface area contributed by atoms with Gasteiger partial charge in [0, 0.05) is 25.2 Å². The quantitative estimate of drug-likeness (QED) is 0.645. The Balaban J connectivity index is 1.74. The number of nitrogens with zero attached hydrogens (tertiary/aromatic N) is 2. The minimum absolute atomic E-state index is 0.0701. The zero-order valence-electron chi connectivity index (χ0n) is 11.8. The molecule has 1 N–H and O–H groups in total. The molecule has 1 aromatic rings. The van der Waals surface area contributed by atoms with E-state index in [1.807, 2.05) is 25.1 Å². The minimum Gasteiger partial charge on any atom is -0.379 e. The summed E-state index contributed by atoms with van der Waals surface area (Å²) in [5.41, 5.74) is 4.70. The van der Waals surface area contributed by atoms with Crippen LogP contribution in [0.2, 0.25) is 0 Å². The number of amides is 1. The number of ether oxygens (including phenoxy) is 1. The molecule has 108 valence electrons. The molecule has 0 aromatic heterocycles. The molecular formula is C15H21N3O2. The summed E-state index contributed by atoms with van der Waals surface area (Å²) >= 11 is 0. The fourth-order valence-electron chi connectivity index (χ4n) is 2.09. The molecule has 1 saturated heterocycles. The molecule has 0 aliphatic carbocycles. The van der Waals surface area contributed by atoms with E-state index in [1.165, 1.54) is 5.56 Å². The van der Waals surface area contributed by atoms with Gasteiger partial charge in [-0.15, -0.1) is 0 Å². The van der Waals surface area contributed by atoms with Crippen molar-refractivity contribution in [1.82, 2.24) is 10.3 Å². The van der Waals surface area contributed by atoms with Crippen LogP contribution in [0.1, 0.15) is 12.5 Å². The van der Waals surface area contributed by atoms with E-state index in [1.54, 1.807) is 0 Å². The lowest BCUT2D eigenvalue weighted by Crippen LogP contribution is -2.42. The Morgan fingerprint density at radius 2 is 2.00 bits per heavy atom. The van der Waals surface area contributed by atoms with E-state index in [0.717, 1.165) is 25.2 Å². The fourth-order valence-corrected chi connectivity index (χ4v) is 2.09. The van der Waals surface area contributed by atoms with Gasteiger partial charge in [0.1, 0.15) is 0 Å². The predicted octanol–water partition coefficient (Wildman–Crippen LogP) is 1.05. The highest BCUT2D eigenvalue weighted by Gasteiger charge is 2.13. The normalized spacial score (nSPS) is 16.9. The van der Waals surface area contributed by atoms with Crippen molar-refractivity contribution in [2.45, 2.75) is 13.3 Å². The van der Waals surface area contributed by atoms with Gasteiger partial charge in [-0.05, 0) is 12.5 Å². The maximum absolute atomic E-state index is 11.8. The van der Waals surface area contributed by atoms with Crippen molar-refractivity contribution in [2.75, 3.05) is 32.8 Å². The van der Waals surface area contributed by atoms with Crippen LogP contribution < -0.4 is 5.43 Å². The average Bonchev–Trinajstić information content (AvgIpc) is 2.47. The van der Waals surface area contributed by atoms with E-state index < -0.39 is 0 Å². The molecule has 0 radical (unpaired) electrons. The molecule has 5 nitrogen and oxygen atoms in total. The summed E-state index contributed by atoms with van der Waals surface area (Å²) in [6.45, 7) is 5.31. The van der Waals surface area contributed by atoms with Crippen LogP contribution in [0.25, 0.3) is 0 Å². The van der Waals surface area contributed by atoms with Gasteiger partial charge in [0.15, 0.2) is 0 Å². The molecule has 0 spiro atoms. The number of hydrogen-bond acceptors (Lipinski definition) is 4. The first-order valence-corrected chi connectivity index (χ1v) is 6.90. The Morgan fingerprint density at radius 1 is 1.30 bits per heavy atom. The number of carbonyl (C=O) groups excluding carboxylic acids is 1. The van der Waals surface area contributed by atoms with Crippen molar-refractivity contribution >= 4 is 11.6 Å². The zero-order valence-corrected chi connectivity index (χ0v) is 11.8. The predicted molar refractivity (Wildman–Crippen MR) is 78.7 cm³/mol. The van der Waals surface area contributed by atoms with E-state index in [-0.39, 0.29) is 5.91 Å². The molecular weight excluding hydrogens is 254 g/mol. The Hall–Kier alpha value is -1.72. The summed E-state index contributed by atoms with van der Waals surface area (Å²) in [6.07, 6.45) is 0.749. The summed E-state index contributed by atoms with van der Waals surface area (Å²) in [4.78, 5) is 13.8. The van der Waals surface area contributed by atoms with E-state index >= 15 is 0 Å². The third kappa shape index (κ3) is 5.11. The van der Waals surface area contributed by atoms with Crippen molar-refractivity contribution in [3.8, 4) is 0 Å². The van der Waals surface area contributed by atoms with Gasteiger partial charge in [0.25, 0.3) is 5.91 Å². The van der Waals surface area contributed by atoms with Gasteiger partial charge >= 0.3 is 0 Å². The van der Waals surface area contributed by atoms with Gasteiger partial charge in [0.05, 0.1) is 19.8 Å². The largest absolute Gasteiger partial charge is 0.379 e. The van der Waals surface area contributed by atoms with Crippen LogP contribution in [-0.2, 0) is 16.0 Å². The smallest absolute Gasteiger partial charge is 0.254 e. The van der Waals surface area contributed by atoms with Crippen LogP contribution in [0.3, 0.4) is 0 Å². The number of hydrazone groups is 1. The van der Waals surface area contributed by atoms with Crippen molar-refractivity contribution in [2.24, 2.45) is 5.10 Å². The Kier molecular flexibility index (Phi) is 5.70. The molecule has 20 heavy (non-hydrogen) atoms. The highest BCUT2D eigenvalue weighted by atomic mass is 16.5. The van der Waals surface area contributed by atoms with Gasteiger partial charge in [0.2, 0.25) is 0 Å². The molecule has 5 heteroatoms. The molecule has 0 unspecified atom stereocenters.